The number of hydrogen-bond acceptors (Lipinski definition) is 8. The molecule has 29 heavy (non-hydrogen) atoms. The molecule has 1 aliphatic rings. The van der Waals surface area contributed by atoms with Crippen LogP contribution in [0.2, 0.25) is 0 Å². The Morgan fingerprint density at radius 2 is 1.59 bits per heavy atom. The van der Waals surface area contributed by atoms with Crippen LogP contribution in [0.1, 0.15) is 0 Å². The van der Waals surface area contributed by atoms with Crippen LogP contribution in [0, 0.1) is 0 Å². The molecule has 150 valence electrons. The van der Waals surface area contributed by atoms with E-state index in [-0.39, 0.29) is 0 Å². The van der Waals surface area contributed by atoms with Gasteiger partial charge in [-0.05, 0) is 36.4 Å². The normalized spacial score (nSPS) is 13.9. The van der Waals surface area contributed by atoms with Gasteiger partial charge in [0.15, 0.2) is 5.82 Å². The molecule has 0 aliphatic carbocycles. The minimum absolute atomic E-state index is 0.449. The van der Waals surface area contributed by atoms with Crippen LogP contribution in [0.5, 0.6) is 11.5 Å². The summed E-state index contributed by atoms with van der Waals surface area (Å²) in [6, 6.07) is 15.8. The Bertz CT molecular complexity index is 942. The molecule has 0 unspecified atom stereocenters. The van der Waals surface area contributed by atoms with Crippen molar-refractivity contribution in [2.75, 3.05) is 55.5 Å². The van der Waals surface area contributed by atoms with Crippen LogP contribution in [0.15, 0.2) is 54.7 Å². The van der Waals surface area contributed by atoms with Crippen molar-refractivity contribution in [2.24, 2.45) is 0 Å². The highest BCUT2D eigenvalue weighted by atomic mass is 16.5. The molecule has 0 amide bonds. The Balaban J connectivity index is 1.41. The fraction of sp³-hybridized carbons (Fsp3) is 0.286. The minimum Gasteiger partial charge on any atom is -0.497 e. The number of methoxy groups -OCH3 is 2. The summed E-state index contributed by atoms with van der Waals surface area (Å²) in [7, 11) is 3.32. The molecule has 1 fully saturated rings. The molecular weight excluding hydrogens is 368 g/mol. The van der Waals surface area contributed by atoms with Crippen LogP contribution in [0.4, 0.5) is 23.1 Å². The van der Waals surface area contributed by atoms with E-state index < -0.39 is 0 Å². The van der Waals surface area contributed by atoms with Gasteiger partial charge in [-0.2, -0.15) is 10.1 Å². The molecule has 1 saturated heterocycles. The fourth-order valence-corrected chi connectivity index (χ4v) is 3.36. The van der Waals surface area contributed by atoms with Crippen molar-refractivity contribution in [3.05, 3.63) is 54.7 Å². The number of nitrogens with one attached hydrogen (secondary N) is 1. The lowest BCUT2D eigenvalue weighted by atomic mass is 10.2. The molecule has 0 radical (unpaired) electrons. The van der Waals surface area contributed by atoms with E-state index in [0.717, 1.165) is 49.2 Å². The lowest BCUT2D eigenvalue weighted by Gasteiger charge is -2.36. The summed E-state index contributed by atoms with van der Waals surface area (Å²) in [5.41, 5.74) is 2.00. The van der Waals surface area contributed by atoms with Crippen LogP contribution in [-0.2, 0) is 0 Å². The molecular formula is C21H24N6O2. The number of rotatable bonds is 6. The Hall–Kier alpha value is -3.55. The predicted molar refractivity (Wildman–Crippen MR) is 114 cm³/mol. The second-order valence-corrected chi connectivity index (χ2v) is 6.64. The second-order valence-electron chi connectivity index (χ2n) is 6.64. The number of aromatic nitrogens is 3. The lowest BCUT2D eigenvalue weighted by molar-refractivity contribution is 0.415. The number of piperazine rings is 1. The second kappa shape index (κ2) is 8.64. The van der Waals surface area contributed by atoms with Crippen LogP contribution in [0.3, 0.4) is 0 Å². The highest BCUT2D eigenvalue weighted by Gasteiger charge is 2.19. The molecule has 4 rings (SSSR count). The molecule has 8 heteroatoms. The van der Waals surface area contributed by atoms with Crippen molar-refractivity contribution in [1.29, 1.82) is 0 Å². The number of nitrogens with zero attached hydrogens (tertiary/aromatic N) is 5. The molecule has 0 saturated carbocycles. The van der Waals surface area contributed by atoms with Crippen molar-refractivity contribution in [3.8, 4) is 11.5 Å². The maximum atomic E-state index is 5.37. The van der Waals surface area contributed by atoms with E-state index in [0.29, 0.717) is 5.95 Å². The van der Waals surface area contributed by atoms with Crippen molar-refractivity contribution in [3.63, 3.8) is 0 Å². The molecule has 2 aromatic carbocycles. The van der Waals surface area contributed by atoms with Crippen molar-refractivity contribution in [2.45, 2.75) is 0 Å². The van der Waals surface area contributed by atoms with Crippen molar-refractivity contribution < 1.29 is 9.47 Å². The fourth-order valence-electron chi connectivity index (χ4n) is 3.36. The van der Waals surface area contributed by atoms with E-state index in [1.807, 2.05) is 36.4 Å². The summed E-state index contributed by atoms with van der Waals surface area (Å²) in [6.07, 6.45) is 1.70. The minimum atomic E-state index is 0.449. The zero-order valence-electron chi connectivity index (χ0n) is 16.6. The summed E-state index contributed by atoms with van der Waals surface area (Å²) >= 11 is 0. The van der Waals surface area contributed by atoms with Gasteiger partial charge in [-0.25, -0.2) is 0 Å². The average Bonchev–Trinajstić information content (AvgIpc) is 2.80. The van der Waals surface area contributed by atoms with Crippen LogP contribution < -0.4 is 24.6 Å². The third kappa shape index (κ3) is 4.31. The smallest absolute Gasteiger partial charge is 0.249 e. The van der Waals surface area contributed by atoms with Gasteiger partial charge in [0.1, 0.15) is 11.5 Å². The van der Waals surface area contributed by atoms with Gasteiger partial charge >= 0.3 is 0 Å². The number of ether oxygens (including phenoxy) is 2. The summed E-state index contributed by atoms with van der Waals surface area (Å²) in [5.74, 6) is 2.86. The van der Waals surface area contributed by atoms with E-state index in [9.17, 15) is 0 Å². The summed E-state index contributed by atoms with van der Waals surface area (Å²) < 4.78 is 10.6. The Kier molecular flexibility index (Phi) is 5.60. The van der Waals surface area contributed by atoms with Gasteiger partial charge in [0.2, 0.25) is 5.95 Å². The van der Waals surface area contributed by atoms with E-state index in [4.69, 9.17) is 9.47 Å². The standard InChI is InChI=1S/C21H24N6O2/c1-28-17-9-7-16(8-10-17)26-11-13-27(14-12-26)20-15-22-25-21(24-20)23-18-5-3-4-6-19(18)29-2/h3-10,15H,11-14H2,1-2H3,(H,23,24,25). The zero-order chi connectivity index (χ0) is 20.1. The molecule has 1 N–H and O–H groups in total. The van der Waals surface area contributed by atoms with E-state index in [2.05, 4.69) is 42.4 Å². The topological polar surface area (TPSA) is 75.6 Å². The number of hydrogen-bond donors (Lipinski definition) is 1. The third-order valence-electron chi connectivity index (χ3n) is 4.94. The van der Waals surface area contributed by atoms with Crippen LogP contribution in [-0.4, -0.2) is 55.6 Å². The number of anilines is 4. The molecule has 2 heterocycles. The Labute approximate surface area is 170 Å². The predicted octanol–water partition coefficient (Wildman–Crippen LogP) is 2.96. The largest absolute Gasteiger partial charge is 0.497 e. The van der Waals surface area contributed by atoms with Crippen molar-refractivity contribution in [1.82, 2.24) is 15.2 Å². The molecule has 0 spiro atoms. The third-order valence-corrected chi connectivity index (χ3v) is 4.94. The van der Waals surface area contributed by atoms with Gasteiger partial charge in [0.05, 0.1) is 26.1 Å². The van der Waals surface area contributed by atoms with E-state index >= 15 is 0 Å². The first-order chi connectivity index (χ1) is 14.3. The van der Waals surface area contributed by atoms with Gasteiger partial charge in [-0.3, -0.25) is 0 Å². The molecule has 0 atom stereocenters. The van der Waals surface area contributed by atoms with E-state index in [1.54, 1.807) is 20.4 Å². The lowest BCUT2D eigenvalue weighted by Crippen LogP contribution is -2.46. The average molecular weight is 392 g/mol. The van der Waals surface area contributed by atoms with Gasteiger partial charge in [-0.15, -0.1) is 5.10 Å². The quantitative estimate of drug-likeness (QED) is 0.686. The maximum Gasteiger partial charge on any atom is 0.249 e. The van der Waals surface area contributed by atoms with Crippen LogP contribution >= 0.6 is 0 Å². The number of benzene rings is 2. The van der Waals surface area contributed by atoms with E-state index in [1.165, 1.54) is 5.69 Å². The molecule has 1 aromatic heterocycles. The summed E-state index contributed by atoms with van der Waals surface area (Å²) in [6.45, 7) is 3.54. The SMILES string of the molecule is COc1ccc(N2CCN(c3cnnc(Nc4ccccc4OC)n3)CC2)cc1. The first-order valence-electron chi connectivity index (χ1n) is 9.50. The maximum absolute atomic E-state index is 5.37. The van der Waals surface area contributed by atoms with Gasteiger partial charge in [0.25, 0.3) is 0 Å². The Morgan fingerprint density at radius 3 is 2.31 bits per heavy atom. The monoisotopic (exact) mass is 392 g/mol. The molecule has 8 nitrogen and oxygen atoms in total. The van der Waals surface area contributed by atoms with Crippen molar-refractivity contribution >= 4 is 23.1 Å². The first kappa shape index (κ1) is 18.8. The molecule has 3 aromatic rings. The zero-order valence-corrected chi connectivity index (χ0v) is 16.6. The molecule has 1 aliphatic heterocycles. The van der Waals surface area contributed by atoms with Gasteiger partial charge in [-0.1, -0.05) is 12.1 Å². The Morgan fingerprint density at radius 1 is 0.862 bits per heavy atom. The van der Waals surface area contributed by atoms with Crippen LogP contribution in [0.25, 0.3) is 0 Å². The highest BCUT2D eigenvalue weighted by molar-refractivity contribution is 5.62. The van der Waals surface area contributed by atoms with Gasteiger partial charge < -0.3 is 24.6 Å². The van der Waals surface area contributed by atoms with Gasteiger partial charge in [0, 0.05) is 31.9 Å². The highest BCUT2D eigenvalue weighted by Crippen LogP contribution is 2.26. The summed E-state index contributed by atoms with van der Waals surface area (Å²) in [5, 5.41) is 11.4. The summed E-state index contributed by atoms with van der Waals surface area (Å²) in [4.78, 5) is 9.22. The number of para-hydroxylation sites is 2. The first-order valence-corrected chi connectivity index (χ1v) is 9.50. The molecule has 0 bridgehead atoms.